The third-order valence-electron chi connectivity index (χ3n) is 10.6. The third-order valence-corrected chi connectivity index (χ3v) is 10.6. The SMILES string of the molecule is CCCCCC(CCC)c1cc(OC)c2c(c1)C(CO)C(c1ccc(OC(CO)C(O)c3cc(OC)c4c(c3)C(CCC)CCO4)c(OC)c1)O2. The van der Waals surface area contributed by atoms with Crippen LogP contribution in [0, 0.1) is 0 Å². The molecule has 0 amide bonds. The Kier molecular flexibility index (Phi) is 13.8. The van der Waals surface area contributed by atoms with Crippen LogP contribution in [0.4, 0.5) is 0 Å². The largest absolute Gasteiger partial charge is 0.493 e. The molecule has 0 spiro atoms. The van der Waals surface area contributed by atoms with Crippen molar-refractivity contribution in [3.63, 3.8) is 0 Å². The molecule has 6 atom stereocenters. The van der Waals surface area contributed by atoms with Crippen molar-refractivity contribution in [1.82, 2.24) is 0 Å². The van der Waals surface area contributed by atoms with Gasteiger partial charge in [-0.1, -0.05) is 65.0 Å². The van der Waals surface area contributed by atoms with Crippen LogP contribution in [0.15, 0.2) is 42.5 Å². The lowest BCUT2D eigenvalue weighted by Crippen LogP contribution is -2.29. The molecule has 9 heteroatoms. The molecule has 6 unspecified atom stereocenters. The lowest BCUT2D eigenvalue weighted by molar-refractivity contribution is -0.000652. The lowest BCUT2D eigenvalue weighted by atomic mass is 9.85. The first-order chi connectivity index (χ1) is 24.8. The number of hydrogen-bond acceptors (Lipinski definition) is 9. The van der Waals surface area contributed by atoms with Crippen molar-refractivity contribution in [2.75, 3.05) is 41.2 Å². The van der Waals surface area contributed by atoms with Crippen molar-refractivity contribution in [2.24, 2.45) is 0 Å². The summed E-state index contributed by atoms with van der Waals surface area (Å²) in [6.07, 6.45) is 7.18. The maximum atomic E-state index is 11.6. The highest BCUT2D eigenvalue weighted by molar-refractivity contribution is 5.57. The Morgan fingerprint density at radius 2 is 1.49 bits per heavy atom. The van der Waals surface area contributed by atoms with Crippen molar-refractivity contribution < 1.29 is 43.7 Å². The molecule has 0 saturated carbocycles. The van der Waals surface area contributed by atoms with Crippen molar-refractivity contribution in [3.8, 4) is 34.5 Å². The highest BCUT2D eigenvalue weighted by atomic mass is 16.5. The van der Waals surface area contributed by atoms with Gasteiger partial charge in [0.2, 0.25) is 0 Å². The van der Waals surface area contributed by atoms with Crippen molar-refractivity contribution in [3.05, 3.63) is 70.3 Å². The van der Waals surface area contributed by atoms with Gasteiger partial charge in [0.25, 0.3) is 0 Å². The molecule has 0 saturated heterocycles. The zero-order chi connectivity index (χ0) is 36.5. The molecule has 3 N–H and O–H groups in total. The molecule has 0 bridgehead atoms. The predicted octanol–water partition coefficient (Wildman–Crippen LogP) is 8.53. The number of unbranched alkanes of at least 4 members (excludes halogenated alkanes) is 2. The van der Waals surface area contributed by atoms with E-state index in [1.807, 2.05) is 18.2 Å². The molecule has 0 radical (unpaired) electrons. The number of aliphatic hydroxyl groups is 3. The van der Waals surface area contributed by atoms with Gasteiger partial charge in [-0.05, 0) is 84.5 Å². The summed E-state index contributed by atoms with van der Waals surface area (Å²) in [4.78, 5) is 0. The lowest BCUT2D eigenvalue weighted by Gasteiger charge is -2.30. The van der Waals surface area contributed by atoms with E-state index in [2.05, 4.69) is 32.9 Å². The molecule has 0 aromatic heterocycles. The molecule has 5 rings (SSSR count). The number of fused-ring (bicyclic) bond motifs is 2. The van der Waals surface area contributed by atoms with Crippen LogP contribution in [0.3, 0.4) is 0 Å². The van der Waals surface area contributed by atoms with Crippen LogP contribution in [0.2, 0.25) is 0 Å². The number of rotatable bonds is 19. The Balaban J connectivity index is 1.40. The van der Waals surface area contributed by atoms with E-state index in [1.54, 1.807) is 33.5 Å². The third kappa shape index (κ3) is 8.37. The molecule has 280 valence electrons. The van der Waals surface area contributed by atoms with E-state index in [9.17, 15) is 15.3 Å². The number of benzene rings is 3. The first-order valence-electron chi connectivity index (χ1n) is 18.8. The van der Waals surface area contributed by atoms with E-state index >= 15 is 0 Å². The highest BCUT2D eigenvalue weighted by Crippen LogP contribution is 2.53. The summed E-state index contributed by atoms with van der Waals surface area (Å²) < 4.78 is 36.1. The van der Waals surface area contributed by atoms with Gasteiger partial charge in [0, 0.05) is 11.1 Å². The van der Waals surface area contributed by atoms with Gasteiger partial charge in [0.15, 0.2) is 40.6 Å². The van der Waals surface area contributed by atoms with Crippen molar-refractivity contribution >= 4 is 0 Å². The second-order valence-electron chi connectivity index (χ2n) is 13.9. The van der Waals surface area contributed by atoms with E-state index in [1.165, 1.54) is 24.8 Å². The van der Waals surface area contributed by atoms with Gasteiger partial charge in [-0.2, -0.15) is 0 Å². The van der Waals surface area contributed by atoms with Crippen LogP contribution in [0.25, 0.3) is 0 Å². The van der Waals surface area contributed by atoms with Gasteiger partial charge < -0.3 is 43.7 Å². The number of aliphatic hydroxyl groups excluding tert-OH is 3. The fourth-order valence-electron chi connectivity index (χ4n) is 7.84. The summed E-state index contributed by atoms with van der Waals surface area (Å²) in [5.41, 5.74) is 4.56. The van der Waals surface area contributed by atoms with Crippen LogP contribution in [0.1, 0.15) is 136 Å². The van der Waals surface area contributed by atoms with E-state index in [-0.39, 0.29) is 12.5 Å². The number of ether oxygens (including phenoxy) is 6. The second-order valence-corrected chi connectivity index (χ2v) is 13.9. The van der Waals surface area contributed by atoms with Crippen molar-refractivity contribution in [2.45, 2.75) is 115 Å². The molecule has 9 nitrogen and oxygen atoms in total. The van der Waals surface area contributed by atoms with Gasteiger partial charge in [-0.25, -0.2) is 0 Å². The zero-order valence-electron chi connectivity index (χ0n) is 31.3. The molecule has 3 aromatic rings. The molecule has 2 heterocycles. The Morgan fingerprint density at radius 3 is 2.16 bits per heavy atom. The molecule has 0 aliphatic carbocycles. The molecule has 51 heavy (non-hydrogen) atoms. The Hall–Kier alpha value is -3.66. The monoisotopic (exact) mass is 706 g/mol. The molecule has 3 aromatic carbocycles. The Morgan fingerprint density at radius 1 is 0.765 bits per heavy atom. The summed E-state index contributed by atoms with van der Waals surface area (Å²) in [6, 6.07) is 13.5. The summed E-state index contributed by atoms with van der Waals surface area (Å²) in [5, 5.41) is 32.7. The minimum Gasteiger partial charge on any atom is -0.493 e. The maximum Gasteiger partial charge on any atom is 0.165 e. The van der Waals surface area contributed by atoms with Crippen LogP contribution in [0.5, 0.6) is 34.5 Å². The van der Waals surface area contributed by atoms with E-state index in [0.29, 0.717) is 52.8 Å². The fraction of sp³-hybridized carbons (Fsp3) is 0.571. The first kappa shape index (κ1) is 38.6. The van der Waals surface area contributed by atoms with Gasteiger partial charge in [-0.15, -0.1) is 0 Å². The highest BCUT2D eigenvalue weighted by Gasteiger charge is 2.39. The van der Waals surface area contributed by atoms with E-state index in [0.717, 1.165) is 61.0 Å². The minimum atomic E-state index is -1.16. The summed E-state index contributed by atoms with van der Waals surface area (Å²) in [6.45, 7) is 6.69. The average Bonchev–Trinajstić information content (AvgIpc) is 3.54. The van der Waals surface area contributed by atoms with Gasteiger partial charge in [0.1, 0.15) is 12.2 Å². The number of hydrogen-bond donors (Lipinski definition) is 3. The summed E-state index contributed by atoms with van der Waals surface area (Å²) >= 11 is 0. The van der Waals surface area contributed by atoms with Gasteiger partial charge in [-0.3, -0.25) is 0 Å². The average molecular weight is 707 g/mol. The number of methoxy groups -OCH3 is 3. The van der Waals surface area contributed by atoms with E-state index in [4.69, 9.17) is 28.4 Å². The van der Waals surface area contributed by atoms with Crippen molar-refractivity contribution in [1.29, 1.82) is 0 Å². The first-order valence-corrected chi connectivity index (χ1v) is 18.8. The van der Waals surface area contributed by atoms with E-state index < -0.39 is 24.9 Å². The van der Waals surface area contributed by atoms with Gasteiger partial charge >= 0.3 is 0 Å². The quantitative estimate of drug-likeness (QED) is 0.106. The van der Waals surface area contributed by atoms with Gasteiger partial charge in [0.05, 0.1) is 47.1 Å². The van der Waals surface area contributed by atoms with Crippen LogP contribution < -0.4 is 28.4 Å². The fourth-order valence-corrected chi connectivity index (χ4v) is 7.84. The minimum absolute atomic E-state index is 0.105. The smallest absolute Gasteiger partial charge is 0.165 e. The molecule has 2 aliphatic heterocycles. The summed E-state index contributed by atoms with van der Waals surface area (Å²) in [7, 11) is 4.80. The van der Waals surface area contributed by atoms with Crippen LogP contribution in [-0.4, -0.2) is 62.6 Å². The van der Waals surface area contributed by atoms with Crippen LogP contribution >= 0.6 is 0 Å². The molecule has 2 aliphatic rings. The Labute approximate surface area is 303 Å². The molecular formula is C42H58O9. The predicted molar refractivity (Wildman–Crippen MR) is 198 cm³/mol. The van der Waals surface area contributed by atoms with Crippen LogP contribution in [-0.2, 0) is 0 Å². The molecule has 0 fully saturated rings. The Bertz CT molecular complexity index is 1570. The summed E-state index contributed by atoms with van der Waals surface area (Å²) in [5.74, 6) is 3.79. The standard InChI is InChI=1S/C42H58O9/c1-7-10-11-14-26(12-8-2)29-19-32-33(24-43)40(51-42(32)37(22-29)48-6)28-15-16-34(35(21-28)46-4)50-38(25-44)39(45)30-20-31-27(13-9-3)17-18-49-41(31)36(23-30)47-5/h15-16,19-23,26-27,33,38-40,43-45H,7-14,17-18,24-25H2,1-6H3. The normalized spacial score (nSPS) is 19.6. The maximum absolute atomic E-state index is 11.6. The zero-order valence-corrected chi connectivity index (χ0v) is 31.3. The molecular weight excluding hydrogens is 648 g/mol. The topological polar surface area (TPSA) is 116 Å². The second kappa shape index (κ2) is 18.2.